The van der Waals surface area contributed by atoms with Gasteiger partial charge in [-0.05, 0) is 6.07 Å². The molecule has 0 amide bonds. The summed E-state index contributed by atoms with van der Waals surface area (Å²) in [5.74, 6) is 0. The van der Waals surface area contributed by atoms with Crippen molar-refractivity contribution in [2.45, 2.75) is 16.3 Å². The highest BCUT2D eigenvalue weighted by Crippen LogP contribution is 2.28. The molecule has 2 unspecified atom stereocenters. The normalized spacial score (nSPS) is 14.5. The van der Waals surface area contributed by atoms with E-state index < -0.39 is 0 Å². The van der Waals surface area contributed by atoms with Crippen molar-refractivity contribution in [2.75, 3.05) is 20.3 Å². The van der Waals surface area contributed by atoms with Crippen LogP contribution in [0.4, 0.5) is 0 Å². The predicted octanol–water partition coefficient (Wildman–Crippen LogP) is 1.06. The Bertz CT molecular complexity index is 533. The molecule has 0 spiro atoms. The van der Waals surface area contributed by atoms with E-state index >= 15 is 0 Å². The first-order chi connectivity index (χ1) is 9.26. The third-order valence-corrected chi connectivity index (χ3v) is 4.14. The minimum Gasteiger partial charge on any atom is -0.395 e. The summed E-state index contributed by atoms with van der Waals surface area (Å²) in [4.78, 5) is 8.49. The molecule has 19 heavy (non-hydrogen) atoms. The predicted molar refractivity (Wildman–Crippen MR) is 76.1 cm³/mol. The van der Waals surface area contributed by atoms with Crippen molar-refractivity contribution in [3.05, 3.63) is 30.6 Å². The molecular weight excluding hydrogens is 262 g/mol. The first-order valence-corrected chi connectivity index (χ1v) is 6.86. The van der Waals surface area contributed by atoms with Crippen LogP contribution in [0, 0.1) is 0 Å². The van der Waals surface area contributed by atoms with E-state index in [1.807, 2.05) is 24.3 Å². The summed E-state index contributed by atoms with van der Waals surface area (Å²) in [5, 5.41) is 11.1. The summed E-state index contributed by atoms with van der Waals surface area (Å²) in [6.45, 7) is 0.384. The van der Waals surface area contributed by atoms with Gasteiger partial charge in [-0.15, -0.1) is 0 Å². The van der Waals surface area contributed by atoms with E-state index in [0.29, 0.717) is 6.61 Å². The van der Waals surface area contributed by atoms with E-state index in [1.165, 1.54) is 18.1 Å². The number of hydrogen-bond acceptors (Lipinski definition) is 6. The molecule has 0 aliphatic heterocycles. The lowest BCUT2D eigenvalue weighted by Gasteiger charge is -2.20. The Balaban J connectivity index is 2.24. The Morgan fingerprint density at radius 3 is 2.89 bits per heavy atom. The van der Waals surface area contributed by atoms with Gasteiger partial charge in [-0.1, -0.05) is 30.0 Å². The quantitative estimate of drug-likeness (QED) is 0.608. The first kappa shape index (κ1) is 14.2. The highest BCUT2D eigenvalue weighted by atomic mass is 32.2. The van der Waals surface area contributed by atoms with Crippen molar-refractivity contribution in [1.29, 1.82) is 0 Å². The number of nitrogens with two attached hydrogens (primary N) is 1. The fraction of sp³-hybridized carbons (Fsp3) is 0.385. The fourth-order valence-electron chi connectivity index (χ4n) is 1.78. The van der Waals surface area contributed by atoms with Gasteiger partial charge in [0, 0.05) is 18.5 Å². The monoisotopic (exact) mass is 279 g/mol. The molecule has 1 aromatic heterocycles. The molecule has 0 aliphatic carbocycles. The Morgan fingerprint density at radius 2 is 2.16 bits per heavy atom. The van der Waals surface area contributed by atoms with Gasteiger partial charge in [0.25, 0.3) is 0 Å². The van der Waals surface area contributed by atoms with Crippen LogP contribution in [-0.4, -0.2) is 46.7 Å². The number of nitrogens with zero attached hydrogens (tertiary/aromatic N) is 2. The van der Waals surface area contributed by atoms with Crippen LogP contribution in [0.5, 0.6) is 0 Å². The standard InChI is InChI=1S/C13H17N3O2S/c1-18-7-10(14)12(6-17)19-13-9-4-2-3-5-11(9)15-8-16-13/h2-5,8,10,12,17H,6-7,14H2,1H3. The summed E-state index contributed by atoms with van der Waals surface area (Å²) in [6, 6.07) is 7.54. The summed E-state index contributed by atoms with van der Waals surface area (Å²) in [6.07, 6.45) is 1.53. The second kappa shape index (κ2) is 6.81. The molecule has 1 heterocycles. The topological polar surface area (TPSA) is 81.3 Å². The number of thioether (sulfide) groups is 1. The number of para-hydroxylation sites is 1. The maximum Gasteiger partial charge on any atom is 0.117 e. The number of hydrogen-bond donors (Lipinski definition) is 2. The van der Waals surface area contributed by atoms with E-state index in [1.54, 1.807) is 7.11 Å². The molecule has 0 aliphatic rings. The molecule has 0 bridgehead atoms. The van der Waals surface area contributed by atoms with Crippen LogP contribution in [-0.2, 0) is 4.74 Å². The minimum atomic E-state index is -0.242. The molecule has 2 atom stereocenters. The molecule has 3 N–H and O–H groups in total. The number of benzene rings is 1. The van der Waals surface area contributed by atoms with Gasteiger partial charge < -0.3 is 15.6 Å². The number of ether oxygens (including phenoxy) is 1. The van der Waals surface area contributed by atoms with Crippen LogP contribution in [0.25, 0.3) is 10.9 Å². The average Bonchev–Trinajstić information content (AvgIpc) is 2.45. The average molecular weight is 279 g/mol. The molecule has 6 heteroatoms. The molecule has 2 rings (SSSR count). The minimum absolute atomic E-state index is 0.0203. The van der Waals surface area contributed by atoms with Gasteiger partial charge in [0.05, 0.1) is 24.0 Å². The molecule has 0 saturated carbocycles. The number of aromatic nitrogens is 2. The van der Waals surface area contributed by atoms with E-state index in [2.05, 4.69) is 9.97 Å². The first-order valence-electron chi connectivity index (χ1n) is 5.98. The lowest BCUT2D eigenvalue weighted by molar-refractivity contribution is 0.167. The smallest absolute Gasteiger partial charge is 0.117 e. The molecule has 2 aromatic rings. The van der Waals surface area contributed by atoms with E-state index in [-0.39, 0.29) is 17.9 Å². The zero-order chi connectivity index (χ0) is 13.7. The molecule has 0 fully saturated rings. The SMILES string of the molecule is COCC(N)C(CO)Sc1ncnc2ccccc12. The number of aliphatic hydroxyl groups is 1. The largest absolute Gasteiger partial charge is 0.395 e. The highest BCUT2D eigenvalue weighted by molar-refractivity contribution is 8.00. The van der Waals surface area contributed by atoms with Crippen LogP contribution in [0.3, 0.4) is 0 Å². The maximum absolute atomic E-state index is 9.46. The second-order valence-electron chi connectivity index (χ2n) is 4.15. The molecule has 0 saturated heterocycles. The summed E-state index contributed by atoms with van der Waals surface area (Å²) >= 11 is 1.46. The van der Waals surface area contributed by atoms with Gasteiger partial charge in [0.15, 0.2) is 0 Å². The van der Waals surface area contributed by atoms with Crippen molar-refractivity contribution < 1.29 is 9.84 Å². The van der Waals surface area contributed by atoms with Gasteiger partial charge >= 0.3 is 0 Å². The summed E-state index contributed by atoms with van der Waals surface area (Å²) in [5.41, 5.74) is 6.87. The van der Waals surface area contributed by atoms with E-state index in [4.69, 9.17) is 10.5 Å². The van der Waals surface area contributed by atoms with Crippen LogP contribution in [0.2, 0.25) is 0 Å². The third-order valence-electron chi connectivity index (χ3n) is 2.79. The zero-order valence-corrected chi connectivity index (χ0v) is 11.5. The van der Waals surface area contributed by atoms with Crippen LogP contribution >= 0.6 is 11.8 Å². The number of rotatable bonds is 6. The van der Waals surface area contributed by atoms with Crippen molar-refractivity contribution in [3.8, 4) is 0 Å². The van der Waals surface area contributed by atoms with Gasteiger partial charge in [0.1, 0.15) is 11.4 Å². The van der Waals surface area contributed by atoms with Gasteiger partial charge in [-0.2, -0.15) is 0 Å². The van der Waals surface area contributed by atoms with Crippen molar-refractivity contribution >= 4 is 22.7 Å². The fourth-order valence-corrected chi connectivity index (χ4v) is 2.80. The lowest BCUT2D eigenvalue weighted by atomic mass is 10.2. The van der Waals surface area contributed by atoms with Gasteiger partial charge in [-0.25, -0.2) is 9.97 Å². The zero-order valence-electron chi connectivity index (χ0n) is 10.7. The molecule has 5 nitrogen and oxygen atoms in total. The highest BCUT2D eigenvalue weighted by Gasteiger charge is 2.20. The Morgan fingerprint density at radius 1 is 1.37 bits per heavy atom. The maximum atomic E-state index is 9.46. The molecule has 0 radical (unpaired) electrons. The van der Waals surface area contributed by atoms with Crippen molar-refractivity contribution in [2.24, 2.45) is 5.73 Å². The second-order valence-corrected chi connectivity index (χ2v) is 5.38. The lowest BCUT2D eigenvalue weighted by Crippen LogP contribution is -2.38. The van der Waals surface area contributed by atoms with Crippen LogP contribution in [0.15, 0.2) is 35.6 Å². The Kier molecular flexibility index (Phi) is 5.09. The molecule has 102 valence electrons. The number of aliphatic hydroxyl groups excluding tert-OH is 1. The van der Waals surface area contributed by atoms with Crippen molar-refractivity contribution in [3.63, 3.8) is 0 Å². The van der Waals surface area contributed by atoms with E-state index in [0.717, 1.165) is 15.9 Å². The Labute approximate surface area is 116 Å². The summed E-state index contributed by atoms with van der Waals surface area (Å²) < 4.78 is 5.03. The summed E-state index contributed by atoms with van der Waals surface area (Å²) in [7, 11) is 1.60. The molecular formula is C13H17N3O2S. The molecule has 1 aromatic carbocycles. The third kappa shape index (κ3) is 3.42. The van der Waals surface area contributed by atoms with Crippen molar-refractivity contribution in [1.82, 2.24) is 9.97 Å². The van der Waals surface area contributed by atoms with Crippen LogP contribution in [0.1, 0.15) is 0 Å². The number of fused-ring (bicyclic) bond motifs is 1. The Hall–Kier alpha value is -1.21. The van der Waals surface area contributed by atoms with E-state index in [9.17, 15) is 5.11 Å². The van der Waals surface area contributed by atoms with Crippen LogP contribution < -0.4 is 5.73 Å². The number of methoxy groups -OCH3 is 1. The van der Waals surface area contributed by atoms with Gasteiger partial charge in [-0.3, -0.25) is 0 Å². The van der Waals surface area contributed by atoms with Gasteiger partial charge in [0.2, 0.25) is 0 Å².